The number of sulfonamides is 1. The molecule has 1 aliphatic carbocycles. The SMILES string of the molecule is CC.CN1CCN(c2ncc(S(=O)(=O)N3CCN(Cc4cncn4C4(c5ccc(Br)cn5)CC4)CC3)s2)CC1. The molecule has 0 unspecified atom stereocenters. The van der Waals surface area contributed by atoms with Gasteiger partial charge in [-0.05, 0) is 48.0 Å². The highest BCUT2D eigenvalue weighted by Gasteiger charge is 2.48. The minimum absolute atomic E-state index is 0.120. The lowest BCUT2D eigenvalue weighted by Gasteiger charge is -2.34. The molecule has 0 spiro atoms. The molecule has 0 aromatic carbocycles. The molecule has 0 N–H and O–H groups in total. The Balaban J connectivity index is 0.00000151. The Hall–Kier alpha value is -1.90. The van der Waals surface area contributed by atoms with Crippen molar-refractivity contribution in [2.24, 2.45) is 0 Å². The minimum Gasteiger partial charge on any atom is -0.345 e. The summed E-state index contributed by atoms with van der Waals surface area (Å²) in [6.45, 7) is 10.7. The van der Waals surface area contributed by atoms with Gasteiger partial charge in [0.15, 0.2) is 9.34 Å². The summed E-state index contributed by atoms with van der Waals surface area (Å²) in [5.74, 6) is 0. The van der Waals surface area contributed by atoms with E-state index in [0.717, 1.165) is 66.6 Å². The zero-order chi connectivity index (χ0) is 27.6. The largest absolute Gasteiger partial charge is 0.345 e. The summed E-state index contributed by atoms with van der Waals surface area (Å²) in [7, 11) is -1.44. The Morgan fingerprint density at radius 3 is 2.31 bits per heavy atom. The molecule has 3 fully saturated rings. The Kier molecular flexibility index (Phi) is 8.74. The highest BCUT2D eigenvalue weighted by molar-refractivity contribution is 9.10. The number of piperazine rings is 2. The van der Waals surface area contributed by atoms with E-state index in [1.165, 1.54) is 17.5 Å². The molecule has 0 amide bonds. The number of imidazole rings is 1. The molecule has 13 heteroatoms. The molecule has 39 heavy (non-hydrogen) atoms. The topological polar surface area (TPSA) is 90.7 Å². The van der Waals surface area contributed by atoms with E-state index < -0.39 is 10.0 Å². The van der Waals surface area contributed by atoms with E-state index in [2.05, 4.69) is 63.3 Å². The van der Waals surface area contributed by atoms with Crippen molar-refractivity contribution in [1.29, 1.82) is 0 Å². The molecule has 5 heterocycles. The van der Waals surface area contributed by atoms with Crippen molar-refractivity contribution in [3.05, 3.63) is 52.9 Å². The van der Waals surface area contributed by atoms with E-state index in [1.807, 2.05) is 38.6 Å². The van der Waals surface area contributed by atoms with E-state index in [4.69, 9.17) is 0 Å². The summed E-state index contributed by atoms with van der Waals surface area (Å²) >= 11 is 4.76. The lowest BCUT2D eigenvalue weighted by atomic mass is 10.1. The van der Waals surface area contributed by atoms with Crippen molar-refractivity contribution in [3.8, 4) is 0 Å². The van der Waals surface area contributed by atoms with Crippen molar-refractivity contribution in [2.75, 3.05) is 64.3 Å². The van der Waals surface area contributed by atoms with Crippen LogP contribution in [-0.2, 0) is 22.1 Å². The van der Waals surface area contributed by atoms with Crippen molar-refractivity contribution in [1.82, 2.24) is 33.6 Å². The number of rotatable bonds is 7. The second-order valence-corrected chi connectivity index (χ2v) is 14.2. The van der Waals surface area contributed by atoms with Crippen LogP contribution in [0.1, 0.15) is 38.1 Å². The summed E-state index contributed by atoms with van der Waals surface area (Å²) < 4.78 is 31.9. The van der Waals surface area contributed by atoms with Gasteiger partial charge in [-0.15, -0.1) is 0 Å². The monoisotopic (exact) mass is 636 g/mol. The Bertz CT molecular complexity index is 1340. The first-order valence-corrected chi connectivity index (χ1v) is 16.7. The average Bonchev–Trinajstić information content (AvgIpc) is 3.35. The van der Waals surface area contributed by atoms with E-state index in [9.17, 15) is 8.42 Å². The number of hydrogen-bond acceptors (Lipinski definition) is 9. The van der Waals surface area contributed by atoms with Crippen molar-refractivity contribution in [2.45, 2.75) is 43.0 Å². The smallest absolute Gasteiger partial charge is 0.254 e. The first-order valence-electron chi connectivity index (χ1n) is 13.6. The summed E-state index contributed by atoms with van der Waals surface area (Å²) in [6, 6.07) is 4.12. The predicted molar refractivity (Wildman–Crippen MR) is 158 cm³/mol. The standard InChI is InChI=1S/C24H31BrN8O2S2.C2H6/c1-29-6-10-31(11-7-29)23-28-16-22(36-23)37(34,35)32-12-8-30(9-13-32)17-20-15-26-18-33(20)24(4-5-24)21-3-2-19(25)14-27-21;1-2/h2-3,14-16,18H,4-13,17H2,1H3;1-2H3. The number of halogens is 1. The van der Waals surface area contributed by atoms with Crippen LogP contribution in [0.3, 0.4) is 0 Å². The zero-order valence-corrected chi connectivity index (χ0v) is 26.0. The second-order valence-electron chi connectivity index (χ2n) is 10.1. The third-order valence-electron chi connectivity index (χ3n) is 7.66. The van der Waals surface area contributed by atoms with Crippen molar-refractivity contribution in [3.63, 3.8) is 0 Å². The first kappa shape index (κ1) is 28.6. The Labute approximate surface area is 243 Å². The van der Waals surface area contributed by atoms with Crippen LogP contribution >= 0.6 is 27.3 Å². The van der Waals surface area contributed by atoms with Gasteiger partial charge in [-0.25, -0.2) is 18.4 Å². The van der Waals surface area contributed by atoms with Crippen LogP contribution in [0.25, 0.3) is 0 Å². The van der Waals surface area contributed by atoms with Crippen LogP contribution in [0.5, 0.6) is 0 Å². The van der Waals surface area contributed by atoms with Crippen LogP contribution in [0, 0.1) is 0 Å². The van der Waals surface area contributed by atoms with Gasteiger partial charge in [0.1, 0.15) is 0 Å². The Morgan fingerprint density at radius 1 is 0.949 bits per heavy atom. The van der Waals surface area contributed by atoms with Gasteiger partial charge >= 0.3 is 0 Å². The number of likely N-dealkylation sites (N-methyl/N-ethyl adjacent to an activating group) is 1. The molecule has 2 aliphatic heterocycles. The predicted octanol–water partition coefficient (Wildman–Crippen LogP) is 3.32. The Morgan fingerprint density at radius 2 is 1.67 bits per heavy atom. The van der Waals surface area contributed by atoms with Gasteiger partial charge in [0.2, 0.25) is 0 Å². The molecule has 3 aliphatic rings. The van der Waals surface area contributed by atoms with E-state index in [1.54, 1.807) is 4.31 Å². The minimum atomic E-state index is -3.54. The van der Waals surface area contributed by atoms with Gasteiger partial charge in [0, 0.05) is 75.8 Å². The molecular weight excluding hydrogens is 600 g/mol. The zero-order valence-electron chi connectivity index (χ0n) is 22.8. The van der Waals surface area contributed by atoms with Crippen LogP contribution in [0.2, 0.25) is 0 Å². The molecule has 3 aromatic heterocycles. The molecule has 6 rings (SSSR count). The van der Waals surface area contributed by atoms with Crippen molar-refractivity contribution < 1.29 is 8.42 Å². The van der Waals surface area contributed by atoms with Gasteiger partial charge in [-0.2, -0.15) is 4.31 Å². The second kappa shape index (κ2) is 11.9. The van der Waals surface area contributed by atoms with Crippen LogP contribution in [0.4, 0.5) is 5.13 Å². The summed E-state index contributed by atoms with van der Waals surface area (Å²) in [4.78, 5) is 20.3. The lowest BCUT2D eigenvalue weighted by molar-refractivity contribution is 0.177. The normalized spacial score (nSPS) is 20.5. The van der Waals surface area contributed by atoms with Gasteiger partial charge in [0.25, 0.3) is 10.0 Å². The molecule has 212 valence electrons. The summed E-state index contributed by atoms with van der Waals surface area (Å²) in [5.41, 5.74) is 2.08. The molecule has 2 saturated heterocycles. The molecule has 3 aromatic rings. The van der Waals surface area contributed by atoms with Gasteiger partial charge in [-0.1, -0.05) is 25.2 Å². The van der Waals surface area contributed by atoms with Crippen LogP contribution < -0.4 is 4.90 Å². The molecular formula is C26H37BrN8O2S2. The highest BCUT2D eigenvalue weighted by Crippen LogP contribution is 2.49. The molecule has 0 radical (unpaired) electrons. The van der Waals surface area contributed by atoms with Crippen LogP contribution in [0.15, 0.2) is 45.7 Å². The first-order chi connectivity index (χ1) is 18.8. The average molecular weight is 638 g/mol. The fraction of sp³-hybridized carbons (Fsp3) is 0.577. The number of thiazole rings is 1. The fourth-order valence-electron chi connectivity index (χ4n) is 5.21. The quantitative estimate of drug-likeness (QED) is 0.390. The van der Waals surface area contributed by atoms with Gasteiger partial charge in [0.05, 0.1) is 29.5 Å². The van der Waals surface area contributed by atoms with E-state index >= 15 is 0 Å². The number of hydrogen-bond donors (Lipinski definition) is 0. The fourth-order valence-corrected chi connectivity index (χ4v) is 8.20. The number of anilines is 1. The number of aromatic nitrogens is 4. The van der Waals surface area contributed by atoms with Crippen LogP contribution in [-0.4, -0.2) is 101 Å². The third kappa shape index (κ3) is 5.94. The third-order valence-corrected chi connectivity index (χ3v) is 11.5. The maximum Gasteiger partial charge on any atom is 0.254 e. The molecule has 10 nitrogen and oxygen atoms in total. The lowest BCUT2D eigenvalue weighted by Crippen LogP contribution is -2.48. The number of pyridine rings is 1. The highest BCUT2D eigenvalue weighted by atomic mass is 79.9. The maximum absolute atomic E-state index is 13.4. The van der Waals surface area contributed by atoms with E-state index in [0.29, 0.717) is 30.4 Å². The van der Waals surface area contributed by atoms with Gasteiger partial charge < -0.3 is 14.4 Å². The number of nitrogens with zero attached hydrogens (tertiary/aromatic N) is 8. The van der Waals surface area contributed by atoms with E-state index in [-0.39, 0.29) is 5.54 Å². The summed E-state index contributed by atoms with van der Waals surface area (Å²) in [6.07, 6.45) is 9.31. The molecule has 0 bridgehead atoms. The maximum atomic E-state index is 13.4. The van der Waals surface area contributed by atoms with Crippen molar-refractivity contribution >= 4 is 42.4 Å². The molecule has 1 saturated carbocycles. The van der Waals surface area contributed by atoms with Gasteiger partial charge in [-0.3, -0.25) is 9.88 Å². The molecule has 0 atom stereocenters. The summed E-state index contributed by atoms with van der Waals surface area (Å²) in [5, 5.41) is 0.799.